The third kappa shape index (κ3) is 6.19. The third-order valence-electron chi connectivity index (χ3n) is 2.51. The largest absolute Gasteiger partial charge is 0.390 e. The van der Waals surface area contributed by atoms with Crippen molar-refractivity contribution in [3.63, 3.8) is 0 Å². The lowest BCUT2D eigenvalue weighted by molar-refractivity contribution is -0.131. The van der Waals surface area contributed by atoms with Gasteiger partial charge in [-0.25, -0.2) is 0 Å². The fraction of sp³-hybridized carbons (Fsp3) is 0.538. The minimum absolute atomic E-state index is 0.0716. The molecule has 17 heavy (non-hydrogen) atoms. The number of hydrogen-bond acceptors (Lipinski definition) is 1. The number of halogens is 3. The van der Waals surface area contributed by atoms with Crippen molar-refractivity contribution in [1.29, 1.82) is 0 Å². The zero-order chi connectivity index (χ0) is 12.7. The van der Waals surface area contributed by atoms with E-state index in [1.807, 2.05) is 24.3 Å². The molecule has 0 amide bonds. The molecule has 0 saturated heterocycles. The van der Waals surface area contributed by atoms with Gasteiger partial charge < -0.3 is 5.32 Å². The number of rotatable bonds is 6. The number of alkyl halides is 3. The van der Waals surface area contributed by atoms with E-state index < -0.39 is 12.6 Å². The summed E-state index contributed by atoms with van der Waals surface area (Å²) in [4.78, 5) is 0. The molecule has 0 saturated carbocycles. The summed E-state index contributed by atoms with van der Waals surface area (Å²) in [5.74, 6) is 0. The molecule has 1 nitrogen and oxygen atoms in total. The minimum Gasteiger partial charge on any atom is -0.385 e. The standard InChI is InChI=1S/C13H18F3N/c1-2-3-4-11-5-7-12(8-6-11)17-10-9-13(14,15)16/h5-8,17H,2-4,9-10H2,1H3. The van der Waals surface area contributed by atoms with Crippen molar-refractivity contribution in [3.05, 3.63) is 29.8 Å². The van der Waals surface area contributed by atoms with Gasteiger partial charge in [0.1, 0.15) is 0 Å². The highest BCUT2D eigenvalue weighted by atomic mass is 19.4. The molecule has 1 N–H and O–H groups in total. The first-order chi connectivity index (χ1) is 8.01. The van der Waals surface area contributed by atoms with Gasteiger partial charge in [0.2, 0.25) is 0 Å². The molecular formula is C13H18F3N. The number of hydrogen-bond donors (Lipinski definition) is 1. The summed E-state index contributed by atoms with van der Waals surface area (Å²) >= 11 is 0. The maximum Gasteiger partial charge on any atom is 0.390 e. The fourth-order valence-corrected chi connectivity index (χ4v) is 1.52. The van der Waals surface area contributed by atoms with E-state index >= 15 is 0 Å². The summed E-state index contributed by atoms with van der Waals surface area (Å²) in [7, 11) is 0. The number of anilines is 1. The van der Waals surface area contributed by atoms with Crippen molar-refractivity contribution in [1.82, 2.24) is 0 Å². The van der Waals surface area contributed by atoms with Crippen LogP contribution in [0.15, 0.2) is 24.3 Å². The predicted molar refractivity (Wildman–Crippen MR) is 64.2 cm³/mol. The second-order valence-electron chi connectivity index (χ2n) is 4.09. The lowest BCUT2D eigenvalue weighted by Crippen LogP contribution is -2.14. The van der Waals surface area contributed by atoms with Crippen LogP contribution in [0.1, 0.15) is 31.7 Å². The highest BCUT2D eigenvalue weighted by Crippen LogP contribution is 2.19. The van der Waals surface area contributed by atoms with Crippen LogP contribution in [0.4, 0.5) is 18.9 Å². The molecule has 0 aliphatic heterocycles. The zero-order valence-electron chi connectivity index (χ0n) is 9.98. The van der Waals surface area contributed by atoms with E-state index in [0.717, 1.165) is 24.9 Å². The normalized spacial score (nSPS) is 11.5. The van der Waals surface area contributed by atoms with Gasteiger partial charge in [-0.15, -0.1) is 0 Å². The zero-order valence-corrected chi connectivity index (χ0v) is 9.98. The first kappa shape index (κ1) is 13.9. The Bertz CT molecular complexity index is 316. The fourth-order valence-electron chi connectivity index (χ4n) is 1.52. The Hall–Kier alpha value is -1.19. The number of aryl methyl sites for hydroxylation is 1. The molecule has 0 radical (unpaired) electrons. The van der Waals surface area contributed by atoms with E-state index in [1.54, 1.807) is 0 Å². The van der Waals surface area contributed by atoms with E-state index in [-0.39, 0.29) is 6.54 Å². The molecule has 4 heteroatoms. The molecule has 1 aromatic rings. The molecule has 0 atom stereocenters. The second kappa shape index (κ2) is 6.52. The lowest BCUT2D eigenvalue weighted by Gasteiger charge is -2.09. The number of benzene rings is 1. The molecule has 0 aromatic heterocycles. The van der Waals surface area contributed by atoms with Gasteiger partial charge >= 0.3 is 6.18 Å². The third-order valence-corrected chi connectivity index (χ3v) is 2.51. The average molecular weight is 245 g/mol. The molecule has 1 rings (SSSR count). The Labute approximate surface area is 100 Å². The summed E-state index contributed by atoms with van der Waals surface area (Å²) in [6.07, 6.45) is -1.58. The van der Waals surface area contributed by atoms with Crippen LogP contribution in [0.25, 0.3) is 0 Å². The van der Waals surface area contributed by atoms with Crippen LogP contribution >= 0.6 is 0 Å². The highest BCUT2D eigenvalue weighted by Gasteiger charge is 2.25. The summed E-state index contributed by atoms with van der Waals surface area (Å²) in [6, 6.07) is 7.60. The van der Waals surface area contributed by atoms with Gasteiger partial charge in [0.05, 0.1) is 6.42 Å². The van der Waals surface area contributed by atoms with Gasteiger partial charge in [0, 0.05) is 12.2 Å². The average Bonchev–Trinajstić information content (AvgIpc) is 2.26. The highest BCUT2D eigenvalue weighted by molar-refractivity contribution is 5.44. The molecular weight excluding hydrogens is 227 g/mol. The molecule has 0 bridgehead atoms. The second-order valence-corrected chi connectivity index (χ2v) is 4.09. The summed E-state index contributed by atoms with van der Waals surface area (Å²) < 4.78 is 35.8. The predicted octanol–water partition coefficient (Wildman–Crippen LogP) is 4.39. The maximum atomic E-state index is 11.9. The van der Waals surface area contributed by atoms with Crippen molar-refractivity contribution in [3.8, 4) is 0 Å². The van der Waals surface area contributed by atoms with Gasteiger partial charge in [-0.05, 0) is 30.5 Å². The Morgan fingerprint density at radius 3 is 2.29 bits per heavy atom. The molecule has 0 heterocycles. The molecule has 0 aliphatic rings. The van der Waals surface area contributed by atoms with E-state index in [0.29, 0.717) is 0 Å². The van der Waals surface area contributed by atoms with Crippen LogP contribution in [0.3, 0.4) is 0 Å². The lowest BCUT2D eigenvalue weighted by atomic mass is 10.1. The monoisotopic (exact) mass is 245 g/mol. The minimum atomic E-state index is -4.09. The first-order valence-electron chi connectivity index (χ1n) is 5.91. The van der Waals surface area contributed by atoms with Crippen molar-refractivity contribution in [2.45, 2.75) is 38.8 Å². The summed E-state index contributed by atoms with van der Waals surface area (Å²) in [6.45, 7) is 2.06. The van der Waals surface area contributed by atoms with Crippen molar-refractivity contribution in [2.24, 2.45) is 0 Å². The Balaban J connectivity index is 2.35. The van der Waals surface area contributed by atoms with Gasteiger partial charge in [-0.3, -0.25) is 0 Å². The molecule has 0 spiro atoms. The maximum absolute atomic E-state index is 11.9. The van der Waals surface area contributed by atoms with Crippen LogP contribution in [0.5, 0.6) is 0 Å². The van der Waals surface area contributed by atoms with Crippen molar-refractivity contribution >= 4 is 5.69 Å². The van der Waals surface area contributed by atoms with Gasteiger partial charge in [0.15, 0.2) is 0 Å². The molecule has 0 fully saturated rings. The quantitative estimate of drug-likeness (QED) is 0.783. The van der Waals surface area contributed by atoms with Crippen LogP contribution in [-0.4, -0.2) is 12.7 Å². The molecule has 1 aromatic carbocycles. The number of nitrogens with one attached hydrogen (secondary N) is 1. The molecule has 0 aliphatic carbocycles. The topological polar surface area (TPSA) is 12.0 Å². The molecule has 0 unspecified atom stereocenters. The van der Waals surface area contributed by atoms with E-state index in [9.17, 15) is 13.2 Å². The van der Waals surface area contributed by atoms with Crippen LogP contribution in [-0.2, 0) is 6.42 Å². The SMILES string of the molecule is CCCCc1ccc(NCCC(F)(F)F)cc1. The van der Waals surface area contributed by atoms with Crippen LogP contribution in [0, 0.1) is 0 Å². The van der Waals surface area contributed by atoms with E-state index in [4.69, 9.17) is 0 Å². The van der Waals surface area contributed by atoms with E-state index in [1.165, 1.54) is 5.56 Å². The summed E-state index contributed by atoms with van der Waals surface area (Å²) in [5, 5.41) is 2.76. The van der Waals surface area contributed by atoms with Crippen LogP contribution in [0.2, 0.25) is 0 Å². The first-order valence-corrected chi connectivity index (χ1v) is 5.91. The number of unbranched alkanes of at least 4 members (excludes halogenated alkanes) is 1. The van der Waals surface area contributed by atoms with Crippen molar-refractivity contribution < 1.29 is 13.2 Å². The van der Waals surface area contributed by atoms with Gasteiger partial charge in [-0.1, -0.05) is 25.5 Å². The summed E-state index contributed by atoms with van der Waals surface area (Å²) in [5.41, 5.74) is 1.97. The Morgan fingerprint density at radius 2 is 1.76 bits per heavy atom. The van der Waals surface area contributed by atoms with Crippen LogP contribution < -0.4 is 5.32 Å². The van der Waals surface area contributed by atoms with Crippen molar-refractivity contribution in [2.75, 3.05) is 11.9 Å². The Morgan fingerprint density at radius 1 is 1.12 bits per heavy atom. The van der Waals surface area contributed by atoms with Gasteiger partial charge in [0.25, 0.3) is 0 Å². The Kier molecular flexibility index (Phi) is 5.32. The van der Waals surface area contributed by atoms with Gasteiger partial charge in [-0.2, -0.15) is 13.2 Å². The van der Waals surface area contributed by atoms with E-state index in [2.05, 4.69) is 12.2 Å². The molecule has 96 valence electrons. The smallest absolute Gasteiger partial charge is 0.385 e.